The molecule has 7 heteroatoms. The van der Waals surface area contributed by atoms with Crippen molar-refractivity contribution >= 4 is 10.0 Å². The summed E-state index contributed by atoms with van der Waals surface area (Å²) in [6.45, 7) is 0.539. The van der Waals surface area contributed by atoms with Gasteiger partial charge in [-0.1, -0.05) is 30.3 Å². The molecule has 0 aliphatic carbocycles. The van der Waals surface area contributed by atoms with Crippen molar-refractivity contribution in [3.63, 3.8) is 0 Å². The van der Waals surface area contributed by atoms with Crippen molar-refractivity contribution in [1.82, 2.24) is 4.31 Å². The summed E-state index contributed by atoms with van der Waals surface area (Å²) in [5.41, 5.74) is 0.0332. The van der Waals surface area contributed by atoms with Crippen molar-refractivity contribution in [2.24, 2.45) is 0 Å². The summed E-state index contributed by atoms with van der Waals surface area (Å²) < 4.78 is 37.9. The average Bonchev–Trinajstić information content (AvgIpc) is 3.29. The third kappa shape index (κ3) is 2.54. The monoisotopic (exact) mass is 356 g/mol. The van der Waals surface area contributed by atoms with Crippen LogP contribution in [-0.4, -0.2) is 32.6 Å². The Labute approximate surface area is 146 Å². The number of rotatable bonds is 3. The molecule has 6 nitrogen and oxygen atoms in total. The average molecular weight is 356 g/mol. The minimum atomic E-state index is -3.70. The first-order chi connectivity index (χ1) is 12.0. The number of fused-ring (bicyclic) bond motifs is 1. The van der Waals surface area contributed by atoms with Gasteiger partial charge in [-0.05, 0) is 24.1 Å². The fourth-order valence-electron chi connectivity index (χ4n) is 3.31. The van der Waals surface area contributed by atoms with E-state index in [0.717, 1.165) is 5.56 Å². The van der Waals surface area contributed by atoms with Crippen LogP contribution in [0.3, 0.4) is 0 Å². The molecule has 2 aliphatic heterocycles. The van der Waals surface area contributed by atoms with Crippen LogP contribution < -0.4 is 9.47 Å². The van der Waals surface area contributed by atoms with Gasteiger partial charge in [-0.15, -0.1) is 0 Å². The summed E-state index contributed by atoms with van der Waals surface area (Å²) in [5.74, 6) is 0.964. The van der Waals surface area contributed by atoms with Gasteiger partial charge < -0.3 is 9.47 Å². The number of ether oxygens (including phenoxy) is 2. The highest BCUT2D eigenvalue weighted by molar-refractivity contribution is 7.89. The largest absolute Gasteiger partial charge is 0.454 e. The maximum Gasteiger partial charge on any atom is 0.243 e. The van der Waals surface area contributed by atoms with E-state index in [1.165, 1.54) is 16.4 Å². The number of nitriles is 1. The molecule has 1 saturated heterocycles. The van der Waals surface area contributed by atoms with Gasteiger partial charge in [-0.2, -0.15) is 9.57 Å². The number of sulfonamides is 1. The van der Waals surface area contributed by atoms with Crippen LogP contribution in [0.5, 0.6) is 11.5 Å². The Bertz CT molecular complexity index is 953. The third-order valence-electron chi connectivity index (χ3n) is 4.76. The van der Waals surface area contributed by atoms with E-state index in [1.807, 2.05) is 30.3 Å². The van der Waals surface area contributed by atoms with Crippen LogP contribution in [0, 0.1) is 11.3 Å². The molecule has 0 spiro atoms. The Balaban J connectivity index is 1.66. The van der Waals surface area contributed by atoms with Gasteiger partial charge in [0, 0.05) is 19.2 Å². The first-order valence-electron chi connectivity index (χ1n) is 7.92. The predicted molar refractivity (Wildman–Crippen MR) is 89.7 cm³/mol. The maximum atomic E-state index is 13.0. The van der Waals surface area contributed by atoms with E-state index >= 15 is 0 Å². The summed E-state index contributed by atoms with van der Waals surface area (Å²) in [7, 11) is -3.70. The summed E-state index contributed by atoms with van der Waals surface area (Å²) >= 11 is 0. The molecule has 4 rings (SSSR count). The first-order valence-corrected chi connectivity index (χ1v) is 9.36. The highest BCUT2D eigenvalue weighted by Crippen LogP contribution is 2.39. The van der Waals surface area contributed by atoms with Crippen LogP contribution in [0.2, 0.25) is 0 Å². The third-order valence-corrected chi connectivity index (χ3v) is 6.60. The number of nitrogens with zero attached hydrogens (tertiary/aromatic N) is 2. The SMILES string of the molecule is N#C[C@]1(c2ccccc2)CCN(S(=O)(=O)c2ccc3c(c2)OCO3)C1. The quantitative estimate of drug-likeness (QED) is 0.843. The zero-order valence-electron chi connectivity index (χ0n) is 13.4. The summed E-state index contributed by atoms with van der Waals surface area (Å²) in [4.78, 5) is 0.151. The lowest BCUT2D eigenvalue weighted by atomic mass is 9.81. The normalized spacial score (nSPS) is 22.7. The lowest BCUT2D eigenvalue weighted by molar-refractivity contribution is 0.174. The molecule has 0 unspecified atom stereocenters. The Morgan fingerprint density at radius 1 is 1.08 bits per heavy atom. The molecule has 0 aromatic heterocycles. The Hall–Kier alpha value is -2.56. The number of hydrogen-bond donors (Lipinski definition) is 0. The molecule has 0 radical (unpaired) electrons. The van der Waals surface area contributed by atoms with E-state index in [-0.39, 0.29) is 18.2 Å². The van der Waals surface area contributed by atoms with Crippen molar-refractivity contribution in [3.8, 4) is 17.6 Å². The van der Waals surface area contributed by atoms with Crippen molar-refractivity contribution in [2.45, 2.75) is 16.7 Å². The van der Waals surface area contributed by atoms with Crippen LogP contribution >= 0.6 is 0 Å². The number of hydrogen-bond acceptors (Lipinski definition) is 5. The second kappa shape index (κ2) is 5.76. The van der Waals surface area contributed by atoms with E-state index in [4.69, 9.17) is 9.47 Å². The molecule has 0 saturated carbocycles. The zero-order valence-corrected chi connectivity index (χ0v) is 14.2. The van der Waals surface area contributed by atoms with Gasteiger partial charge in [0.15, 0.2) is 11.5 Å². The minimum absolute atomic E-state index is 0.0914. The summed E-state index contributed by atoms with van der Waals surface area (Å²) in [6.07, 6.45) is 0.470. The highest BCUT2D eigenvalue weighted by Gasteiger charge is 2.44. The van der Waals surface area contributed by atoms with Crippen LogP contribution in [0.15, 0.2) is 53.4 Å². The van der Waals surface area contributed by atoms with Gasteiger partial charge in [-0.3, -0.25) is 0 Å². The van der Waals surface area contributed by atoms with Crippen molar-refractivity contribution in [3.05, 3.63) is 54.1 Å². The Morgan fingerprint density at radius 2 is 1.84 bits per heavy atom. The second-order valence-electron chi connectivity index (χ2n) is 6.16. The second-order valence-corrected chi connectivity index (χ2v) is 8.10. The standard InChI is InChI=1S/C18H16N2O4S/c19-11-18(14-4-2-1-3-5-14)8-9-20(12-18)25(21,22)15-6-7-16-17(10-15)24-13-23-16/h1-7,10H,8-9,12-13H2/t18-/m1/s1. The van der Waals surface area contributed by atoms with Gasteiger partial charge in [0.2, 0.25) is 16.8 Å². The van der Waals surface area contributed by atoms with E-state index < -0.39 is 15.4 Å². The summed E-state index contributed by atoms with van der Waals surface area (Å²) in [5, 5.41) is 9.74. The van der Waals surface area contributed by atoms with Gasteiger partial charge in [0.1, 0.15) is 0 Å². The smallest absolute Gasteiger partial charge is 0.243 e. The number of benzene rings is 2. The van der Waals surface area contributed by atoms with E-state index in [9.17, 15) is 13.7 Å². The van der Waals surface area contributed by atoms with Crippen LogP contribution in [0.1, 0.15) is 12.0 Å². The molecular weight excluding hydrogens is 340 g/mol. The molecule has 2 aromatic carbocycles. The minimum Gasteiger partial charge on any atom is -0.454 e. The molecule has 0 N–H and O–H groups in total. The Morgan fingerprint density at radius 3 is 2.60 bits per heavy atom. The molecule has 1 fully saturated rings. The summed E-state index contributed by atoms with van der Waals surface area (Å²) in [6, 6.07) is 16.3. The molecule has 1 atom stereocenters. The molecule has 0 bridgehead atoms. The van der Waals surface area contributed by atoms with Crippen molar-refractivity contribution in [1.29, 1.82) is 5.26 Å². The van der Waals surface area contributed by atoms with Crippen molar-refractivity contribution < 1.29 is 17.9 Å². The van der Waals surface area contributed by atoms with Crippen LogP contribution in [-0.2, 0) is 15.4 Å². The zero-order chi connectivity index (χ0) is 17.5. The van der Waals surface area contributed by atoms with Gasteiger partial charge in [0.25, 0.3) is 0 Å². The van der Waals surface area contributed by atoms with Crippen LogP contribution in [0.4, 0.5) is 0 Å². The van der Waals surface area contributed by atoms with Crippen molar-refractivity contribution in [2.75, 3.05) is 19.9 Å². The Kier molecular flexibility index (Phi) is 3.67. The fraction of sp³-hybridized carbons (Fsp3) is 0.278. The molecule has 2 heterocycles. The fourth-order valence-corrected chi connectivity index (χ4v) is 4.83. The van der Waals surface area contributed by atoms with Crippen LogP contribution in [0.25, 0.3) is 0 Å². The van der Waals surface area contributed by atoms with E-state index in [2.05, 4.69) is 6.07 Å². The predicted octanol–water partition coefficient (Wildman–Crippen LogP) is 2.27. The first kappa shape index (κ1) is 15.9. The topological polar surface area (TPSA) is 79.6 Å². The lowest BCUT2D eigenvalue weighted by Gasteiger charge is -2.22. The molecule has 2 aromatic rings. The van der Waals surface area contributed by atoms with E-state index in [1.54, 1.807) is 6.07 Å². The van der Waals surface area contributed by atoms with E-state index in [0.29, 0.717) is 24.5 Å². The molecule has 25 heavy (non-hydrogen) atoms. The lowest BCUT2D eigenvalue weighted by Crippen LogP contribution is -2.33. The highest BCUT2D eigenvalue weighted by atomic mass is 32.2. The van der Waals surface area contributed by atoms with Gasteiger partial charge in [-0.25, -0.2) is 8.42 Å². The molecule has 128 valence electrons. The molecular formula is C18H16N2O4S. The van der Waals surface area contributed by atoms with Gasteiger partial charge in [0.05, 0.1) is 16.4 Å². The van der Waals surface area contributed by atoms with Gasteiger partial charge >= 0.3 is 0 Å². The molecule has 0 amide bonds. The molecule has 2 aliphatic rings. The maximum absolute atomic E-state index is 13.0.